The SMILES string of the molecule is C#CCOc1ccc(Br)cc1CNC(C)C1CCCC1. The number of rotatable bonds is 6. The van der Waals surface area contributed by atoms with Gasteiger partial charge in [0.2, 0.25) is 0 Å². The molecule has 0 saturated heterocycles. The molecule has 1 saturated carbocycles. The van der Waals surface area contributed by atoms with E-state index >= 15 is 0 Å². The molecule has 0 radical (unpaired) electrons. The van der Waals surface area contributed by atoms with Crippen LogP contribution < -0.4 is 10.1 Å². The fourth-order valence-corrected chi connectivity index (χ4v) is 3.25. The van der Waals surface area contributed by atoms with Gasteiger partial charge in [-0.3, -0.25) is 0 Å². The van der Waals surface area contributed by atoms with Crippen molar-refractivity contribution in [2.24, 2.45) is 5.92 Å². The van der Waals surface area contributed by atoms with Crippen LogP contribution in [-0.4, -0.2) is 12.6 Å². The van der Waals surface area contributed by atoms with Crippen LogP contribution >= 0.6 is 15.9 Å². The zero-order chi connectivity index (χ0) is 14.4. The zero-order valence-electron chi connectivity index (χ0n) is 12.0. The summed E-state index contributed by atoms with van der Waals surface area (Å²) < 4.78 is 6.67. The maximum Gasteiger partial charge on any atom is 0.148 e. The third-order valence-corrected chi connectivity index (χ3v) is 4.55. The van der Waals surface area contributed by atoms with Gasteiger partial charge in [-0.2, -0.15) is 0 Å². The summed E-state index contributed by atoms with van der Waals surface area (Å²) in [6.45, 7) is 3.42. The zero-order valence-corrected chi connectivity index (χ0v) is 13.6. The van der Waals surface area contributed by atoms with Gasteiger partial charge >= 0.3 is 0 Å². The van der Waals surface area contributed by atoms with E-state index in [2.05, 4.69) is 40.2 Å². The van der Waals surface area contributed by atoms with Crippen molar-refractivity contribution in [2.45, 2.75) is 45.2 Å². The van der Waals surface area contributed by atoms with E-state index in [0.717, 1.165) is 28.2 Å². The van der Waals surface area contributed by atoms with Gasteiger partial charge in [0.15, 0.2) is 0 Å². The lowest BCUT2D eigenvalue weighted by molar-refractivity contribution is 0.354. The van der Waals surface area contributed by atoms with Crippen LogP contribution in [0.4, 0.5) is 0 Å². The molecule has 1 N–H and O–H groups in total. The van der Waals surface area contributed by atoms with Crippen LogP contribution in [0.5, 0.6) is 5.75 Å². The van der Waals surface area contributed by atoms with E-state index in [9.17, 15) is 0 Å². The lowest BCUT2D eigenvalue weighted by Crippen LogP contribution is -2.31. The molecule has 0 aliphatic heterocycles. The molecule has 1 aliphatic carbocycles. The maximum absolute atomic E-state index is 5.60. The van der Waals surface area contributed by atoms with Crippen molar-refractivity contribution in [1.29, 1.82) is 0 Å². The van der Waals surface area contributed by atoms with E-state index in [1.807, 2.05) is 12.1 Å². The average molecular weight is 336 g/mol. The first-order chi connectivity index (χ1) is 9.70. The molecule has 108 valence electrons. The highest BCUT2D eigenvalue weighted by molar-refractivity contribution is 9.10. The van der Waals surface area contributed by atoms with Crippen molar-refractivity contribution in [3.05, 3.63) is 28.2 Å². The minimum absolute atomic E-state index is 0.312. The highest BCUT2D eigenvalue weighted by Gasteiger charge is 2.21. The average Bonchev–Trinajstić information content (AvgIpc) is 2.98. The van der Waals surface area contributed by atoms with Gasteiger partial charge in [0.05, 0.1) is 0 Å². The second kappa shape index (κ2) is 7.71. The molecule has 1 atom stereocenters. The van der Waals surface area contributed by atoms with E-state index in [4.69, 9.17) is 11.2 Å². The second-order valence-electron chi connectivity index (χ2n) is 5.46. The Kier molecular flexibility index (Phi) is 5.94. The molecule has 0 amide bonds. The van der Waals surface area contributed by atoms with Gasteiger partial charge in [-0.25, -0.2) is 0 Å². The molecule has 1 aliphatic rings. The molecule has 0 aromatic heterocycles. The first-order valence-electron chi connectivity index (χ1n) is 7.29. The molecule has 2 nitrogen and oxygen atoms in total. The first kappa shape index (κ1) is 15.4. The number of terminal acetylenes is 1. The Bertz CT molecular complexity index is 474. The van der Waals surface area contributed by atoms with E-state index in [-0.39, 0.29) is 0 Å². The molecular formula is C17H22BrNO. The highest BCUT2D eigenvalue weighted by atomic mass is 79.9. The molecule has 1 fully saturated rings. The third-order valence-electron chi connectivity index (χ3n) is 4.05. The first-order valence-corrected chi connectivity index (χ1v) is 8.08. The summed E-state index contributed by atoms with van der Waals surface area (Å²) in [6.07, 6.45) is 10.7. The summed E-state index contributed by atoms with van der Waals surface area (Å²) in [7, 11) is 0. The second-order valence-corrected chi connectivity index (χ2v) is 6.37. The van der Waals surface area contributed by atoms with Crippen LogP contribution in [0.25, 0.3) is 0 Å². The normalized spacial score (nSPS) is 16.9. The third kappa shape index (κ3) is 4.26. The van der Waals surface area contributed by atoms with Gasteiger partial charge in [0.25, 0.3) is 0 Å². The number of hydrogen-bond acceptors (Lipinski definition) is 2. The lowest BCUT2D eigenvalue weighted by Gasteiger charge is -2.21. The Morgan fingerprint density at radius 1 is 1.45 bits per heavy atom. The Balaban J connectivity index is 1.96. The molecule has 0 spiro atoms. The van der Waals surface area contributed by atoms with Gasteiger partial charge in [-0.05, 0) is 43.9 Å². The summed E-state index contributed by atoms with van der Waals surface area (Å²) in [5, 5.41) is 3.63. The highest BCUT2D eigenvalue weighted by Crippen LogP contribution is 2.28. The molecule has 1 aromatic rings. The quantitative estimate of drug-likeness (QED) is 0.789. The molecule has 1 unspecified atom stereocenters. The minimum atomic E-state index is 0.312. The monoisotopic (exact) mass is 335 g/mol. The summed E-state index contributed by atoms with van der Waals surface area (Å²) >= 11 is 3.51. The van der Waals surface area contributed by atoms with Crippen molar-refractivity contribution in [3.8, 4) is 18.1 Å². The lowest BCUT2D eigenvalue weighted by atomic mass is 9.99. The molecule has 1 aromatic carbocycles. The predicted molar refractivity (Wildman–Crippen MR) is 86.7 cm³/mol. The largest absolute Gasteiger partial charge is 0.481 e. The van der Waals surface area contributed by atoms with Crippen molar-refractivity contribution < 1.29 is 4.74 Å². The maximum atomic E-state index is 5.60. The summed E-state index contributed by atoms with van der Waals surface area (Å²) in [4.78, 5) is 0. The van der Waals surface area contributed by atoms with Crippen LogP contribution in [0.15, 0.2) is 22.7 Å². The van der Waals surface area contributed by atoms with Crippen LogP contribution in [0.2, 0.25) is 0 Å². The van der Waals surface area contributed by atoms with Crippen molar-refractivity contribution >= 4 is 15.9 Å². The molecule has 2 rings (SSSR count). The van der Waals surface area contributed by atoms with Crippen LogP contribution in [0.1, 0.15) is 38.2 Å². The number of halogens is 1. The molecule has 0 bridgehead atoms. The van der Waals surface area contributed by atoms with Crippen molar-refractivity contribution in [1.82, 2.24) is 5.32 Å². The number of nitrogens with one attached hydrogen (secondary N) is 1. The summed E-state index contributed by atoms with van der Waals surface area (Å²) in [5.41, 5.74) is 1.15. The van der Waals surface area contributed by atoms with Gasteiger partial charge < -0.3 is 10.1 Å². The van der Waals surface area contributed by atoms with Gasteiger partial charge in [-0.1, -0.05) is 34.7 Å². The molecule has 0 heterocycles. The van der Waals surface area contributed by atoms with E-state index in [1.165, 1.54) is 25.7 Å². The minimum Gasteiger partial charge on any atom is -0.481 e. The predicted octanol–water partition coefficient (Wildman–Crippen LogP) is 4.13. The summed E-state index contributed by atoms with van der Waals surface area (Å²) in [5.74, 6) is 4.20. The topological polar surface area (TPSA) is 21.3 Å². The Morgan fingerprint density at radius 3 is 2.90 bits per heavy atom. The van der Waals surface area contributed by atoms with Crippen LogP contribution in [0.3, 0.4) is 0 Å². The Hall–Kier alpha value is -0.980. The molecular weight excluding hydrogens is 314 g/mol. The molecule has 20 heavy (non-hydrogen) atoms. The van der Waals surface area contributed by atoms with Crippen molar-refractivity contribution in [3.63, 3.8) is 0 Å². The van der Waals surface area contributed by atoms with Crippen LogP contribution in [-0.2, 0) is 6.54 Å². The fraction of sp³-hybridized carbons (Fsp3) is 0.529. The molecule has 3 heteroatoms. The summed E-state index contributed by atoms with van der Waals surface area (Å²) in [6, 6.07) is 6.60. The van der Waals surface area contributed by atoms with Crippen molar-refractivity contribution in [2.75, 3.05) is 6.61 Å². The van der Waals surface area contributed by atoms with Gasteiger partial charge in [0, 0.05) is 22.6 Å². The Labute approximate surface area is 130 Å². The van der Waals surface area contributed by atoms with E-state index in [1.54, 1.807) is 0 Å². The van der Waals surface area contributed by atoms with E-state index in [0.29, 0.717) is 12.6 Å². The number of benzene rings is 1. The smallest absolute Gasteiger partial charge is 0.148 e. The van der Waals surface area contributed by atoms with Crippen LogP contribution in [0, 0.1) is 18.3 Å². The van der Waals surface area contributed by atoms with E-state index < -0.39 is 0 Å². The Morgan fingerprint density at radius 2 is 2.20 bits per heavy atom. The standard InChI is InChI=1S/C17H22BrNO/c1-3-10-20-17-9-8-16(18)11-15(17)12-19-13(2)14-6-4-5-7-14/h1,8-9,11,13-14,19H,4-7,10,12H2,2H3. The number of hydrogen-bond donors (Lipinski definition) is 1. The van der Waals surface area contributed by atoms with Gasteiger partial charge in [0.1, 0.15) is 12.4 Å². The fourth-order valence-electron chi connectivity index (χ4n) is 2.84. The van der Waals surface area contributed by atoms with Gasteiger partial charge in [-0.15, -0.1) is 6.42 Å². The number of ether oxygens (including phenoxy) is 1.